The molecule has 1 aromatic rings. The molecule has 3 rings (SSSR count). The van der Waals surface area contributed by atoms with Crippen LogP contribution in [0, 0.1) is 22.7 Å². The van der Waals surface area contributed by atoms with Crippen molar-refractivity contribution in [1.82, 2.24) is 0 Å². The highest BCUT2D eigenvalue weighted by atomic mass is 16.5. The third kappa shape index (κ3) is 6.35. The predicted molar refractivity (Wildman–Crippen MR) is 135 cm³/mol. The number of ether oxygens (including phenoxy) is 1. The Morgan fingerprint density at radius 3 is 2.31 bits per heavy atom. The Morgan fingerprint density at radius 2 is 1.69 bits per heavy atom. The number of nitriles is 1. The summed E-state index contributed by atoms with van der Waals surface area (Å²) in [6.07, 6.45) is 21.9. The number of nitrogens with zero attached hydrogens (tertiary/aromatic N) is 1. The van der Waals surface area contributed by atoms with Gasteiger partial charge < -0.3 is 4.74 Å². The molecule has 0 aliphatic heterocycles. The minimum atomic E-state index is -0.199. The molecule has 2 aliphatic carbocycles. The van der Waals surface area contributed by atoms with E-state index in [2.05, 4.69) is 68.5 Å². The Kier molecular flexibility index (Phi) is 9.61. The summed E-state index contributed by atoms with van der Waals surface area (Å²) in [6.45, 7) is 5.33. The van der Waals surface area contributed by atoms with Gasteiger partial charge >= 0.3 is 0 Å². The molecule has 0 heterocycles. The van der Waals surface area contributed by atoms with Crippen LogP contribution in [0.5, 0.6) is 0 Å². The van der Waals surface area contributed by atoms with Crippen molar-refractivity contribution >= 4 is 5.57 Å². The molecule has 1 unspecified atom stereocenters. The van der Waals surface area contributed by atoms with Gasteiger partial charge in [-0.1, -0.05) is 101 Å². The smallest absolute Gasteiger partial charge is 0.0928 e. The first-order valence-electron chi connectivity index (χ1n) is 13.2. The highest BCUT2D eigenvalue weighted by Crippen LogP contribution is 2.49. The molecule has 1 fully saturated rings. The summed E-state index contributed by atoms with van der Waals surface area (Å²) < 4.78 is 6.70. The lowest BCUT2D eigenvalue weighted by Crippen LogP contribution is -2.43. The van der Waals surface area contributed by atoms with Gasteiger partial charge in [0.25, 0.3) is 0 Å². The fourth-order valence-electron chi connectivity index (χ4n) is 5.59. The Labute approximate surface area is 196 Å². The molecular formula is C30H43NO. The first kappa shape index (κ1) is 24.8. The molecule has 0 aromatic heterocycles. The van der Waals surface area contributed by atoms with E-state index in [1.165, 1.54) is 49.7 Å². The van der Waals surface area contributed by atoms with Gasteiger partial charge in [-0.3, -0.25) is 0 Å². The van der Waals surface area contributed by atoms with Gasteiger partial charge in [0, 0.05) is 6.61 Å². The Hall–Kier alpha value is -1.85. The van der Waals surface area contributed by atoms with Crippen LogP contribution in [-0.4, -0.2) is 12.2 Å². The molecule has 0 radical (unpaired) electrons. The van der Waals surface area contributed by atoms with Gasteiger partial charge in [0.15, 0.2) is 0 Å². The van der Waals surface area contributed by atoms with Crippen molar-refractivity contribution in [2.75, 3.05) is 6.61 Å². The van der Waals surface area contributed by atoms with Crippen molar-refractivity contribution in [3.8, 4) is 6.07 Å². The molecule has 0 spiro atoms. The van der Waals surface area contributed by atoms with Gasteiger partial charge in [0.1, 0.15) is 0 Å². The lowest BCUT2D eigenvalue weighted by molar-refractivity contribution is -0.0685. The molecule has 1 aromatic carbocycles. The van der Waals surface area contributed by atoms with E-state index in [4.69, 9.17) is 4.74 Å². The van der Waals surface area contributed by atoms with Gasteiger partial charge in [0.05, 0.1) is 17.1 Å². The second kappa shape index (κ2) is 12.4. The van der Waals surface area contributed by atoms with E-state index < -0.39 is 0 Å². The van der Waals surface area contributed by atoms with Crippen LogP contribution in [0.1, 0.15) is 103 Å². The maximum Gasteiger partial charge on any atom is 0.0928 e. The highest BCUT2D eigenvalue weighted by molar-refractivity contribution is 5.75. The van der Waals surface area contributed by atoms with E-state index >= 15 is 0 Å². The Balaban J connectivity index is 1.67. The van der Waals surface area contributed by atoms with Crippen LogP contribution >= 0.6 is 0 Å². The van der Waals surface area contributed by atoms with Crippen LogP contribution < -0.4 is 0 Å². The van der Waals surface area contributed by atoms with Crippen molar-refractivity contribution in [1.29, 1.82) is 5.26 Å². The first-order valence-corrected chi connectivity index (χ1v) is 13.2. The molecular weight excluding hydrogens is 390 g/mol. The van der Waals surface area contributed by atoms with E-state index in [0.29, 0.717) is 5.92 Å². The fraction of sp³-hybridized carbons (Fsp3) is 0.633. The standard InChI is InChI=1S/C30H43NO/c1-3-5-7-11-19-29(25-31)20-17-28(18-21-29)30(32-24-12-6-4-2)22-15-27(16-23-30)26-13-9-8-10-14-26/h8-10,13-16,22,28H,3-7,11-12,17-21,23-24H2,1-2H3. The maximum atomic E-state index is 10.0. The molecule has 2 heteroatoms. The topological polar surface area (TPSA) is 33.0 Å². The average Bonchev–Trinajstić information content (AvgIpc) is 2.86. The normalized spacial score (nSPS) is 27.7. The van der Waals surface area contributed by atoms with Crippen LogP contribution in [0.15, 0.2) is 48.6 Å². The number of hydrogen-bond acceptors (Lipinski definition) is 2. The SMILES string of the molecule is CCCCCCC1(C#N)CCC(C2(OCCCCC)C=CC(c3ccccc3)=CC2)CC1. The zero-order valence-electron chi connectivity index (χ0n) is 20.5. The van der Waals surface area contributed by atoms with Gasteiger partial charge in [-0.15, -0.1) is 0 Å². The minimum absolute atomic E-state index is 0.100. The third-order valence-corrected chi connectivity index (χ3v) is 7.79. The van der Waals surface area contributed by atoms with Crippen molar-refractivity contribution in [2.24, 2.45) is 11.3 Å². The van der Waals surface area contributed by atoms with Crippen LogP contribution in [-0.2, 0) is 4.74 Å². The third-order valence-electron chi connectivity index (χ3n) is 7.79. The van der Waals surface area contributed by atoms with Gasteiger partial charge in [-0.05, 0) is 62.0 Å². The molecule has 32 heavy (non-hydrogen) atoms. The number of allylic oxidation sites excluding steroid dienone is 2. The summed E-state index contributed by atoms with van der Waals surface area (Å²) in [5.74, 6) is 0.506. The van der Waals surface area contributed by atoms with Crippen molar-refractivity contribution in [3.63, 3.8) is 0 Å². The van der Waals surface area contributed by atoms with Gasteiger partial charge in [-0.25, -0.2) is 0 Å². The molecule has 2 nitrogen and oxygen atoms in total. The fourth-order valence-corrected chi connectivity index (χ4v) is 5.59. The second-order valence-corrected chi connectivity index (χ2v) is 10.1. The van der Waals surface area contributed by atoms with Crippen molar-refractivity contribution < 1.29 is 4.74 Å². The molecule has 2 aliphatic rings. The number of hydrogen-bond donors (Lipinski definition) is 0. The second-order valence-electron chi connectivity index (χ2n) is 10.1. The monoisotopic (exact) mass is 433 g/mol. The van der Waals surface area contributed by atoms with Crippen molar-refractivity contribution in [3.05, 3.63) is 54.1 Å². The molecule has 0 amide bonds. The molecule has 1 atom stereocenters. The van der Waals surface area contributed by atoms with E-state index in [0.717, 1.165) is 51.6 Å². The lowest BCUT2D eigenvalue weighted by atomic mass is 9.63. The Morgan fingerprint density at radius 1 is 0.969 bits per heavy atom. The molecule has 174 valence electrons. The maximum absolute atomic E-state index is 10.0. The van der Waals surface area contributed by atoms with Crippen LogP contribution in [0.4, 0.5) is 0 Å². The Bertz CT molecular complexity index is 779. The largest absolute Gasteiger partial charge is 0.370 e. The molecule has 0 bridgehead atoms. The zero-order chi connectivity index (χ0) is 22.7. The van der Waals surface area contributed by atoms with Crippen LogP contribution in [0.25, 0.3) is 5.57 Å². The summed E-state index contributed by atoms with van der Waals surface area (Å²) in [4.78, 5) is 0. The van der Waals surface area contributed by atoms with E-state index in [1.807, 2.05) is 0 Å². The van der Waals surface area contributed by atoms with E-state index in [1.54, 1.807) is 0 Å². The van der Waals surface area contributed by atoms with E-state index in [-0.39, 0.29) is 11.0 Å². The van der Waals surface area contributed by atoms with Crippen LogP contribution in [0.3, 0.4) is 0 Å². The van der Waals surface area contributed by atoms with Crippen molar-refractivity contribution in [2.45, 2.75) is 103 Å². The quantitative estimate of drug-likeness (QED) is 0.309. The van der Waals surface area contributed by atoms with E-state index in [9.17, 15) is 5.26 Å². The van der Waals surface area contributed by atoms with Gasteiger partial charge in [0.2, 0.25) is 0 Å². The predicted octanol–water partition coefficient (Wildman–Crippen LogP) is 8.65. The summed E-state index contributed by atoms with van der Waals surface area (Å²) in [7, 11) is 0. The molecule has 1 saturated carbocycles. The molecule has 0 saturated heterocycles. The minimum Gasteiger partial charge on any atom is -0.370 e. The van der Waals surface area contributed by atoms with Gasteiger partial charge in [-0.2, -0.15) is 5.26 Å². The molecule has 0 N–H and O–H groups in total. The van der Waals surface area contributed by atoms with Crippen LogP contribution in [0.2, 0.25) is 0 Å². The summed E-state index contributed by atoms with van der Waals surface area (Å²) in [5, 5.41) is 10.0. The summed E-state index contributed by atoms with van der Waals surface area (Å²) >= 11 is 0. The number of benzene rings is 1. The lowest BCUT2D eigenvalue weighted by Gasteiger charge is -2.45. The first-order chi connectivity index (χ1) is 15.7. The zero-order valence-corrected chi connectivity index (χ0v) is 20.5. The summed E-state index contributed by atoms with van der Waals surface area (Å²) in [5.41, 5.74) is 2.28. The number of rotatable bonds is 12. The highest BCUT2D eigenvalue weighted by Gasteiger charge is 2.44. The average molecular weight is 434 g/mol. The summed E-state index contributed by atoms with van der Waals surface area (Å²) in [6, 6.07) is 13.4. The number of unbranched alkanes of at least 4 members (excludes halogenated alkanes) is 5.